The molecule has 0 spiro atoms. The summed E-state index contributed by atoms with van der Waals surface area (Å²) in [5.74, 6) is -1.75. The first kappa shape index (κ1) is 8.45. The molecule has 1 heterocycles. The van der Waals surface area contributed by atoms with Crippen LogP contribution in [-0.4, -0.2) is 23.1 Å². The largest absolute Gasteiger partial charge is 0.476 e. The summed E-state index contributed by atoms with van der Waals surface area (Å²) in [6.45, 7) is 0. The average molecular weight is 170 g/mol. The summed E-state index contributed by atoms with van der Waals surface area (Å²) in [7, 11) is 1.50. The summed E-state index contributed by atoms with van der Waals surface area (Å²) in [4.78, 5) is 13.9. The van der Waals surface area contributed by atoms with Crippen LogP contribution in [-0.2, 0) is 0 Å². The molecule has 0 aliphatic rings. The standard InChI is InChI=1S/C7H7FN2O2/c1-9-5-2-4(8)3-10-6(5)7(11)12/h2-3,9H,1H3,(H,11,12). The molecular formula is C7H7FN2O2. The number of anilines is 1. The van der Waals surface area contributed by atoms with Crippen LogP contribution < -0.4 is 5.32 Å². The molecule has 64 valence electrons. The molecule has 0 radical (unpaired) electrons. The van der Waals surface area contributed by atoms with Gasteiger partial charge in [-0.3, -0.25) is 0 Å². The number of nitrogens with one attached hydrogen (secondary N) is 1. The first-order chi connectivity index (χ1) is 5.65. The number of nitrogens with zero attached hydrogens (tertiary/aromatic N) is 1. The maximum atomic E-state index is 12.5. The van der Waals surface area contributed by atoms with Crippen LogP contribution >= 0.6 is 0 Å². The Kier molecular flexibility index (Phi) is 2.23. The molecule has 0 bridgehead atoms. The number of aromatic nitrogens is 1. The van der Waals surface area contributed by atoms with E-state index < -0.39 is 11.8 Å². The van der Waals surface area contributed by atoms with Gasteiger partial charge in [0.15, 0.2) is 5.69 Å². The molecule has 1 aromatic rings. The van der Waals surface area contributed by atoms with Gasteiger partial charge in [0.25, 0.3) is 0 Å². The van der Waals surface area contributed by atoms with Crippen LogP contribution in [0, 0.1) is 5.82 Å². The van der Waals surface area contributed by atoms with Crippen molar-refractivity contribution in [3.05, 3.63) is 23.8 Å². The molecule has 1 aromatic heterocycles. The van der Waals surface area contributed by atoms with Gasteiger partial charge < -0.3 is 10.4 Å². The minimum absolute atomic E-state index is 0.169. The van der Waals surface area contributed by atoms with Crippen molar-refractivity contribution in [1.29, 1.82) is 0 Å². The number of hydrogen-bond donors (Lipinski definition) is 2. The number of carboxylic acid groups (broad SMARTS) is 1. The minimum atomic E-state index is -1.18. The second-order valence-electron chi connectivity index (χ2n) is 2.10. The van der Waals surface area contributed by atoms with E-state index in [4.69, 9.17) is 5.11 Å². The van der Waals surface area contributed by atoms with E-state index in [9.17, 15) is 9.18 Å². The van der Waals surface area contributed by atoms with Gasteiger partial charge in [-0.2, -0.15) is 0 Å². The van der Waals surface area contributed by atoms with Gasteiger partial charge in [-0.25, -0.2) is 14.2 Å². The fourth-order valence-corrected chi connectivity index (χ4v) is 0.800. The van der Waals surface area contributed by atoms with Crippen molar-refractivity contribution in [1.82, 2.24) is 4.98 Å². The highest BCUT2D eigenvalue weighted by molar-refractivity contribution is 5.91. The summed E-state index contributed by atoms with van der Waals surface area (Å²) in [5.41, 5.74) is -0.0126. The van der Waals surface area contributed by atoms with Gasteiger partial charge in [0.1, 0.15) is 5.82 Å². The molecule has 0 aliphatic heterocycles. The smallest absolute Gasteiger partial charge is 0.356 e. The van der Waals surface area contributed by atoms with E-state index in [1.165, 1.54) is 7.05 Å². The first-order valence-corrected chi connectivity index (χ1v) is 3.21. The number of rotatable bonds is 2. The quantitative estimate of drug-likeness (QED) is 0.693. The third kappa shape index (κ3) is 1.50. The van der Waals surface area contributed by atoms with Gasteiger partial charge in [0, 0.05) is 13.1 Å². The fraction of sp³-hybridized carbons (Fsp3) is 0.143. The fourth-order valence-electron chi connectivity index (χ4n) is 0.800. The normalized spacial score (nSPS) is 9.50. The molecule has 0 unspecified atom stereocenters. The lowest BCUT2D eigenvalue weighted by Crippen LogP contribution is -2.05. The monoisotopic (exact) mass is 170 g/mol. The molecule has 2 N–H and O–H groups in total. The van der Waals surface area contributed by atoms with Crippen molar-refractivity contribution in [3.8, 4) is 0 Å². The summed E-state index contributed by atoms with van der Waals surface area (Å²) in [6.07, 6.45) is 0.865. The van der Waals surface area contributed by atoms with E-state index in [0.717, 1.165) is 12.3 Å². The molecule has 0 saturated heterocycles. The Bertz CT molecular complexity index is 314. The molecule has 12 heavy (non-hydrogen) atoms. The zero-order chi connectivity index (χ0) is 9.14. The van der Waals surface area contributed by atoms with Gasteiger partial charge in [-0.05, 0) is 0 Å². The zero-order valence-corrected chi connectivity index (χ0v) is 6.34. The Morgan fingerprint density at radius 3 is 2.92 bits per heavy atom. The molecule has 0 saturated carbocycles. The average Bonchev–Trinajstić information content (AvgIpc) is 2.03. The molecule has 4 nitrogen and oxygen atoms in total. The highest BCUT2D eigenvalue weighted by atomic mass is 19.1. The van der Waals surface area contributed by atoms with Crippen LogP contribution in [0.2, 0.25) is 0 Å². The molecule has 0 atom stereocenters. The molecule has 0 aliphatic carbocycles. The second-order valence-corrected chi connectivity index (χ2v) is 2.10. The number of carboxylic acids is 1. The van der Waals surface area contributed by atoms with Crippen molar-refractivity contribution in [2.45, 2.75) is 0 Å². The lowest BCUT2D eigenvalue weighted by molar-refractivity contribution is 0.0691. The van der Waals surface area contributed by atoms with E-state index in [0.29, 0.717) is 0 Å². The first-order valence-electron chi connectivity index (χ1n) is 3.21. The highest BCUT2D eigenvalue weighted by Crippen LogP contribution is 2.12. The summed E-state index contributed by atoms with van der Waals surface area (Å²) < 4.78 is 12.5. The molecule has 1 rings (SSSR count). The maximum absolute atomic E-state index is 12.5. The maximum Gasteiger partial charge on any atom is 0.356 e. The van der Waals surface area contributed by atoms with Crippen molar-refractivity contribution < 1.29 is 14.3 Å². The Labute approximate surface area is 68.1 Å². The Hall–Kier alpha value is -1.65. The SMILES string of the molecule is CNc1cc(F)cnc1C(=O)O. The minimum Gasteiger partial charge on any atom is -0.476 e. The third-order valence-corrected chi connectivity index (χ3v) is 1.33. The molecule has 0 aromatic carbocycles. The van der Waals surface area contributed by atoms with Crippen LogP contribution in [0.25, 0.3) is 0 Å². The van der Waals surface area contributed by atoms with E-state index in [-0.39, 0.29) is 11.4 Å². The Morgan fingerprint density at radius 2 is 2.42 bits per heavy atom. The highest BCUT2D eigenvalue weighted by Gasteiger charge is 2.10. The van der Waals surface area contributed by atoms with Crippen molar-refractivity contribution in [2.24, 2.45) is 0 Å². The van der Waals surface area contributed by atoms with Gasteiger partial charge in [-0.15, -0.1) is 0 Å². The molecule has 5 heteroatoms. The lowest BCUT2D eigenvalue weighted by Gasteiger charge is -2.02. The summed E-state index contributed by atoms with van der Waals surface area (Å²) in [6, 6.07) is 1.08. The molecule has 0 fully saturated rings. The summed E-state index contributed by atoms with van der Waals surface area (Å²) >= 11 is 0. The predicted molar refractivity (Wildman–Crippen MR) is 40.7 cm³/mol. The van der Waals surface area contributed by atoms with E-state index in [1.54, 1.807) is 0 Å². The van der Waals surface area contributed by atoms with Gasteiger partial charge in [0.2, 0.25) is 0 Å². The number of pyridine rings is 1. The van der Waals surface area contributed by atoms with Crippen LogP contribution in [0.1, 0.15) is 10.5 Å². The van der Waals surface area contributed by atoms with Crippen molar-refractivity contribution >= 4 is 11.7 Å². The van der Waals surface area contributed by atoms with Crippen molar-refractivity contribution in [3.63, 3.8) is 0 Å². The van der Waals surface area contributed by atoms with Crippen LogP contribution in [0.3, 0.4) is 0 Å². The van der Waals surface area contributed by atoms with Gasteiger partial charge in [-0.1, -0.05) is 0 Å². The molecular weight excluding hydrogens is 163 g/mol. The Balaban J connectivity index is 3.20. The number of halogens is 1. The third-order valence-electron chi connectivity index (χ3n) is 1.33. The van der Waals surface area contributed by atoms with Gasteiger partial charge >= 0.3 is 5.97 Å². The second kappa shape index (κ2) is 3.17. The molecule has 0 amide bonds. The number of carbonyl (C=O) groups is 1. The topological polar surface area (TPSA) is 62.2 Å². The van der Waals surface area contributed by atoms with E-state index >= 15 is 0 Å². The zero-order valence-electron chi connectivity index (χ0n) is 6.34. The lowest BCUT2D eigenvalue weighted by atomic mass is 10.3. The van der Waals surface area contributed by atoms with Crippen LogP contribution in [0.4, 0.5) is 10.1 Å². The van der Waals surface area contributed by atoms with E-state index in [1.807, 2.05) is 0 Å². The Morgan fingerprint density at radius 1 is 1.75 bits per heavy atom. The van der Waals surface area contributed by atoms with Crippen LogP contribution in [0.5, 0.6) is 0 Å². The van der Waals surface area contributed by atoms with E-state index in [2.05, 4.69) is 10.3 Å². The predicted octanol–water partition coefficient (Wildman–Crippen LogP) is 0.961. The number of aromatic carboxylic acids is 1. The number of hydrogen-bond acceptors (Lipinski definition) is 3. The summed E-state index contributed by atoms with van der Waals surface area (Å²) in [5, 5.41) is 11.1. The van der Waals surface area contributed by atoms with Gasteiger partial charge in [0.05, 0.1) is 11.9 Å². The van der Waals surface area contributed by atoms with Crippen LogP contribution in [0.15, 0.2) is 12.3 Å². The van der Waals surface area contributed by atoms with Crippen molar-refractivity contribution in [2.75, 3.05) is 12.4 Å².